The number of alkyl halides is 3. The SMILES string of the molecule is CCCCOc1cccc(NC(=O)N2C[C@@H](C(F)(F)F)[C@H](C(=O)O)C2)c1. The van der Waals surface area contributed by atoms with E-state index in [2.05, 4.69) is 5.32 Å². The van der Waals surface area contributed by atoms with Gasteiger partial charge in [-0.1, -0.05) is 19.4 Å². The van der Waals surface area contributed by atoms with Gasteiger partial charge in [0, 0.05) is 24.8 Å². The number of carboxylic acid groups (broad SMARTS) is 1. The highest BCUT2D eigenvalue weighted by Gasteiger charge is 2.53. The number of carbonyl (C=O) groups is 2. The predicted octanol–water partition coefficient (Wildman–Crippen LogP) is 3.59. The minimum atomic E-state index is -4.68. The number of likely N-dealkylation sites (tertiary alicyclic amines) is 1. The maximum Gasteiger partial charge on any atom is 0.394 e. The van der Waals surface area contributed by atoms with Crippen molar-refractivity contribution < 1.29 is 32.6 Å². The van der Waals surface area contributed by atoms with E-state index >= 15 is 0 Å². The van der Waals surface area contributed by atoms with Gasteiger partial charge in [0.05, 0.1) is 18.4 Å². The molecular weight excluding hydrogens is 353 g/mol. The van der Waals surface area contributed by atoms with Crippen LogP contribution in [0.15, 0.2) is 24.3 Å². The zero-order valence-corrected chi connectivity index (χ0v) is 14.3. The molecule has 0 aromatic heterocycles. The van der Waals surface area contributed by atoms with Crippen molar-refractivity contribution in [3.63, 3.8) is 0 Å². The van der Waals surface area contributed by atoms with Gasteiger partial charge in [-0.05, 0) is 18.6 Å². The Labute approximate surface area is 148 Å². The normalized spacial score (nSPS) is 20.1. The molecule has 0 saturated carbocycles. The number of benzene rings is 1. The van der Waals surface area contributed by atoms with Gasteiger partial charge in [0.1, 0.15) is 5.75 Å². The molecule has 1 heterocycles. The summed E-state index contributed by atoms with van der Waals surface area (Å²) in [7, 11) is 0. The number of amides is 2. The number of ether oxygens (including phenoxy) is 1. The standard InChI is InChI=1S/C17H21F3N2O4/c1-2-3-7-26-12-6-4-5-11(8-12)21-16(25)22-9-13(15(23)24)14(10-22)17(18,19)20/h4-6,8,13-14H,2-3,7,9-10H2,1H3,(H,21,25)(H,23,24)/t13-,14-/m1/s1. The lowest BCUT2D eigenvalue weighted by atomic mass is 9.96. The van der Waals surface area contributed by atoms with Crippen molar-refractivity contribution in [2.75, 3.05) is 25.0 Å². The zero-order chi connectivity index (χ0) is 19.3. The highest BCUT2D eigenvalue weighted by molar-refractivity contribution is 5.90. The first kappa shape index (κ1) is 19.9. The van der Waals surface area contributed by atoms with Gasteiger partial charge in [0.15, 0.2) is 0 Å². The summed E-state index contributed by atoms with van der Waals surface area (Å²) in [6.07, 6.45) is -2.83. The van der Waals surface area contributed by atoms with Gasteiger partial charge in [-0.3, -0.25) is 4.79 Å². The van der Waals surface area contributed by atoms with Crippen LogP contribution < -0.4 is 10.1 Å². The minimum absolute atomic E-state index is 0.367. The fraction of sp³-hybridized carbons (Fsp3) is 0.529. The highest BCUT2D eigenvalue weighted by atomic mass is 19.4. The molecule has 1 aromatic rings. The third kappa shape index (κ3) is 5.03. The summed E-state index contributed by atoms with van der Waals surface area (Å²) in [5.74, 6) is -4.76. The Morgan fingerprint density at radius 3 is 2.65 bits per heavy atom. The molecule has 0 spiro atoms. The van der Waals surface area contributed by atoms with Crippen LogP contribution in [0.1, 0.15) is 19.8 Å². The monoisotopic (exact) mass is 374 g/mol. The van der Waals surface area contributed by atoms with E-state index in [4.69, 9.17) is 9.84 Å². The maximum absolute atomic E-state index is 13.0. The quantitative estimate of drug-likeness (QED) is 0.746. The van der Waals surface area contributed by atoms with Gasteiger partial charge < -0.3 is 20.1 Å². The van der Waals surface area contributed by atoms with Gasteiger partial charge >= 0.3 is 18.2 Å². The van der Waals surface area contributed by atoms with Crippen LogP contribution in [0.5, 0.6) is 5.75 Å². The van der Waals surface area contributed by atoms with E-state index in [-0.39, 0.29) is 0 Å². The first-order valence-electron chi connectivity index (χ1n) is 8.30. The van der Waals surface area contributed by atoms with Crippen LogP contribution >= 0.6 is 0 Å². The summed E-state index contributed by atoms with van der Waals surface area (Å²) < 4.78 is 44.5. The number of unbranched alkanes of at least 4 members (excludes halogenated alkanes) is 1. The molecule has 26 heavy (non-hydrogen) atoms. The number of aliphatic carboxylic acids is 1. The summed E-state index contributed by atoms with van der Waals surface area (Å²) in [4.78, 5) is 24.2. The Bertz CT molecular complexity index is 651. The number of carboxylic acids is 1. The van der Waals surface area contributed by atoms with E-state index in [0.717, 1.165) is 17.7 Å². The number of nitrogens with one attached hydrogen (secondary N) is 1. The molecule has 1 saturated heterocycles. The molecule has 2 rings (SSSR count). The van der Waals surface area contributed by atoms with E-state index in [9.17, 15) is 22.8 Å². The molecule has 2 atom stereocenters. The van der Waals surface area contributed by atoms with Crippen molar-refractivity contribution in [3.05, 3.63) is 24.3 Å². The summed E-state index contributed by atoms with van der Waals surface area (Å²) >= 11 is 0. The van der Waals surface area contributed by atoms with E-state index in [0.29, 0.717) is 18.0 Å². The molecule has 1 aliphatic heterocycles. The third-order valence-electron chi connectivity index (χ3n) is 4.20. The number of hydrogen-bond donors (Lipinski definition) is 2. The smallest absolute Gasteiger partial charge is 0.394 e. The number of urea groups is 1. The molecule has 0 aliphatic carbocycles. The van der Waals surface area contributed by atoms with Crippen LogP contribution in [-0.2, 0) is 4.79 Å². The maximum atomic E-state index is 13.0. The molecule has 1 aliphatic rings. The third-order valence-corrected chi connectivity index (χ3v) is 4.20. The number of rotatable bonds is 6. The summed E-state index contributed by atoms with van der Waals surface area (Å²) in [6, 6.07) is 5.74. The van der Waals surface area contributed by atoms with Crippen molar-refractivity contribution in [1.82, 2.24) is 4.90 Å². The Morgan fingerprint density at radius 2 is 2.08 bits per heavy atom. The predicted molar refractivity (Wildman–Crippen MR) is 88.1 cm³/mol. The van der Waals surface area contributed by atoms with Gasteiger partial charge in [0.25, 0.3) is 0 Å². The molecule has 0 radical (unpaired) electrons. The molecule has 2 amide bonds. The highest BCUT2D eigenvalue weighted by Crippen LogP contribution is 2.37. The number of hydrogen-bond acceptors (Lipinski definition) is 3. The van der Waals surface area contributed by atoms with Gasteiger partial charge in [-0.15, -0.1) is 0 Å². The van der Waals surface area contributed by atoms with Gasteiger partial charge in [-0.2, -0.15) is 13.2 Å². The zero-order valence-electron chi connectivity index (χ0n) is 14.3. The molecule has 2 N–H and O–H groups in total. The first-order valence-corrected chi connectivity index (χ1v) is 8.30. The second kappa shape index (κ2) is 8.29. The second-order valence-electron chi connectivity index (χ2n) is 6.16. The Balaban J connectivity index is 2.01. The van der Waals surface area contributed by atoms with E-state index < -0.39 is 43.1 Å². The largest absolute Gasteiger partial charge is 0.494 e. The van der Waals surface area contributed by atoms with E-state index in [1.807, 2.05) is 6.92 Å². The second-order valence-corrected chi connectivity index (χ2v) is 6.16. The Kier molecular flexibility index (Phi) is 6.33. The summed E-state index contributed by atoms with van der Waals surface area (Å²) in [6.45, 7) is 1.37. The molecule has 0 unspecified atom stereocenters. The average Bonchev–Trinajstić information content (AvgIpc) is 3.01. The number of halogens is 3. The molecule has 1 fully saturated rings. The van der Waals surface area contributed by atoms with Crippen LogP contribution in [0.25, 0.3) is 0 Å². The summed E-state index contributed by atoms with van der Waals surface area (Å²) in [5.41, 5.74) is 0.367. The van der Waals surface area contributed by atoms with Crippen molar-refractivity contribution in [2.24, 2.45) is 11.8 Å². The Hall–Kier alpha value is -2.45. The lowest BCUT2D eigenvalue weighted by molar-refractivity contribution is -0.187. The molecule has 144 valence electrons. The van der Waals surface area contributed by atoms with Crippen LogP contribution in [0.2, 0.25) is 0 Å². The van der Waals surface area contributed by atoms with E-state index in [1.165, 1.54) is 0 Å². The average molecular weight is 374 g/mol. The van der Waals surface area contributed by atoms with Crippen LogP contribution in [0, 0.1) is 11.8 Å². The van der Waals surface area contributed by atoms with Crippen molar-refractivity contribution >= 4 is 17.7 Å². The minimum Gasteiger partial charge on any atom is -0.494 e. The molecule has 1 aromatic carbocycles. The van der Waals surface area contributed by atoms with Crippen LogP contribution in [0.4, 0.5) is 23.7 Å². The summed E-state index contributed by atoms with van der Waals surface area (Å²) in [5, 5.41) is 11.5. The lowest BCUT2D eigenvalue weighted by Crippen LogP contribution is -2.35. The first-order chi connectivity index (χ1) is 12.2. The van der Waals surface area contributed by atoms with Gasteiger partial charge in [-0.25, -0.2) is 4.79 Å². The fourth-order valence-electron chi connectivity index (χ4n) is 2.75. The fourth-order valence-corrected chi connectivity index (χ4v) is 2.75. The van der Waals surface area contributed by atoms with Gasteiger partial charge in [0.2, 0.25) is 0 Å². The number of carbonyl (C=O) groups excluding carboxylic acids is 1. The molecular formula is C17H21F3N2O4. The van der Waals surface area contributed by atoms with Crippen molar-refractivity contribution in [1.29, 1.82) is 0 Å². The van der Waals surface area contributed by atoms with Crippen LogP contribution in [0.3, 0.4) is 0 Å². The lowest BCUT2D eigenvalue weighted by Gasteiger charge is -2.19. The number of nitrogens with zero attached hydrogens (tertiary/aromatic N) is 1. The van der Waals surface area contributed by atoms with Crippen molar-refractivity contribution in [2.45, 2.75) is 25.9 Å². The van der Waals surface area contributed by atoms with Crippen molar-refractivity contribution in [3.8, 4) is 5.75 Å². The van der Waals surface area contributed by atoms with Crippen LogP contribution in [-0.4, -0.2) is 47.9 Å². The van der Waals surface area contributed by atoms with E-state index in [1.54, 1.807) is 24.3 Å². The Morgan fingerprint density at radius 1 is 1.35 bits per heavy atom. The number of anilines is 1. The topological polar surface area (TPSA) is 78.9 Å². The molecule has 6 nitrogen and oxygen atoms in total. The molecule has 9 heteroatoms. The molecule has 0 bridgehead atoms.